The number of esters is 3. The largest absolute Gasteiger partial charge is 0.462 e. The summed E-state index contributed by atoms with van der Waals surface area (Å²) < 4.78 is 16.8. The van der Waals surface area contributed by atoms with Gasteiger partial charge in [0, 0.05) is 19.3 Å². The highest BCUT2D eigenvalue weighted by atomic mass is 16.6. The van der Waals surface area contributed by atoms with Crippen LogP contribution in [0.15, 0.2) is 36.5 Å². The average molecular weight is 914 g/mol. The Kier molecular flexibility index (Phi) is 52.3. The van der Waals surface area contributed by atoms with Gasteiger partial charge in [-0.25, -0.2) is 0 Å². The first-order valence-corrected chi connectivity index (χ1v) is 28.5. The SMILES string of the molecule is CC/C=C\C/C=C\C/C=C\CCCCCCCC(=O)OC(COC(=O)CCCCCCCCCC)COC(=O)CCCCCCCCCCCCCCCCCCCCCCCCCC. The average Bonchev–Trinajstić information content (AvgIpc) is 3.30. The van der Waals surface area contributed by atoms with Crippen LogP contribution < -0.4 is 0 Å². The van der Waals surface area contributed by atoms with Crippen LogP contribution in [-0.2, 0) is 28.6 Å². The predicted molar refractivity (Wildman–Crippen MR) is 279 cm³/mol. The molecule has 0 aromatic carbocycles. The number of carbonyl (C=O) groups excluding carboxylic acids is 3. The highest BCUT2D eigenvalue weighted by Crippen LogP contribution is 2.17. The molecule has 0 aromatic heterocycles. The molecule has 0 aromatic rings. The van der Waals surface area contributed by atoms with E-state index in [1.54, 1.807) is 0 Å². The summed E-state index contributed by atoms with van der Waals surface area (Å²) in [6.07, 6.45) is 64.5. The van der Waals surface area contributed by atoms with Crippen LogP contribution in [-0.4, -0.2) is 37.2 Å². The Morgan fingerprint density at radius 3 is 0.938 bits per heavy atom. The fourth-order valence-electron chi connectivity index (χ4n) is 8.40. The Morgan fingerprint density at radius 2 is 0.600 bits per heavy atom. The maximum Gasteiger partial charge on any atom is 0.306 e. The Morgan fingerprint density at radius 1 is 0.323 bits per heavy atom. The molecular weight excluding hydrogens is 805 g/mol. The Balaban J connectivity index is 4.14. The third-order valence-electron chi connectivity index (χ3n) is 12.7. The summed E-state index contributed by atoms with van der Waals surface area (Å²) in [6.45, 7) is 6.52. The van der Waals surface area contributed by atoms with Gasteiger partial charge in [-0.1, -0.05) is 269 Å². The van der Waals surface area contributed by atoms with Crippen molar-refractivity contribution in [2.24, 2.45) is 0 Å². The lowest BCUT2D eigenvalue weighted by atomic mass is 10.0. The Bertz CT molecular complexity index is 1090. The topological polar surface area (TPSA) is 78.9 Å². The second kappa shape index (κ2) is 54.2. The molecule has 0 fully saturated rings. The van der Waals surface area contributed by atoms with Crippen LogP contribution in [0.4, 0.5) is 0 Å². The van der Waals surface area contributed by atoms with Crippen LogP contribution in [0.3, 0.4) is 0 Å². The van der Waals surface area contributed by atoms with Crippen LogP contribution in [0.2, 0.25) is 0 Å². The molecule has 0 bridgehead atoms. The summed E-state index contributed by atoms with van der Waals surface area (Å²) in [5.41, 5.74) is 0. The summed E-state index contributed by atoms with van der Waals surface area (Å²) in [7, 11) is 0. The first-order valence-electron chi connectivity index (χ1n) is 28.5. The van der Waals surface area contributed by atoms with Gasteiger partial charge in [0.2, 0.25) is 0 Å². The van der Waals surface area contributed by atoms with E-state index in [4.69, 9.17) is 14.2 Å². The molecule has 0 N–H and O–H groups in total. The number of rotatable bonds is 52. The zero-order valence-electron chi connectivity index (χ0n) is 43.5. The van der Waals surface area contributed by atoms with E-state index in [-0.39, 0.29) is 31.1 Å². The normalized spacial score (nSPS) is 12.2. The van der Waals surface area contributed by atoms with Crippen molar-refractivity contribution < 1.29 is 28.6 Å². The van der Waals surface area contributed by atoms with E-state index in [2.05, 4.69) is 57.2 Å². The third-order valence-corrected chi connectivity index (χ3v) is 12.7. The summed E-state index contributed by atoms with van der Waals surface area (Å²) in [5.74, 6) is -0.882. The van der Waals surface area contributed by atoms with Crippen molar-refractivity contribution in [2.45, 2.75) is 309 Å². The van der Waals surface area contributed by atoms with Crippen molar-refractivity contribution in [1.29, 1.82) is 0 Å². The molecule has 6 heteroatoms. The van der Waals surface area contributed by atoms with Gasteiger partial charge in [0.15, 0.2) is 6.10 Å². The number of carbonyl (C=O) groups is 3. The van der Waals surface area contributed by atoms with E-state index in [1.165, 1.54) is 167 Å². The minimum Gasteiger partial charge on any atom is -0.462 e. The summed E-state index contributed by atoms with van der Waals surface area (Å²) in [5, 5.41) is 0. The van der Waals surface area contributed by atoms with Gasteiger partial charge in [0.05, 0.1) is 0 Å². The molecule has 380 valence electrons. The first kappa shape index (κ1) is 62.6. The standard InChI is InChI=1S/C59H108O6/c1-4-7-10-13-16-19-21-23-25-26-27-28-29-30-31-32-33-35-36-38-40-43-46-49-52-58(61)64-55-56(54-63-57(60)51-48-45-42-18-15-12-9-6-3)65-59(62)53-50-47-44-41-39-37-34-24-22-20-17-14-11-8-5-2/h8,11,17,20,24,34,56H,4-7,9-10,12-16,18-19,21-23,25-33,35-55H2,1-3H3/b11-8-,20-17-,34-24-. The van der Waals surface area contributed by atoms with E-state index in [0.717, 1.165) is 96.3 Å². The first-order chi connectivity index (χ1) is 32.0. The van der Waals surface area contributed by atoms with Crippen LogP contribution in [0.1, 0.15) is 303 Å². The van der Waals surface area contributed by atoms with Crippen molar-refractivity contribution in [3.8, 4) is 0 Å². The fraction of sp³-hybridized carbons (Fsp3) is 0.847. The quantitative estimate of drug-likeness (QED) is 0.0262. The number of allylic oxidation sites excluding steroid dienone is 6. The minimum atomic E-state index is -0.775. The van der Waals surface area contributed by atoms with E-state index < -0.39 is 6.10 Å². The van der Waals surface area contributed by atoms with E-state index in [0.29, 0.717) is 19.3 Å². The summed E-state index contributed by atoms with van der Waals surface area (Å²) >= 11 is 0. The Labute approximate surface area is 404 Å². The fourth-order valence-corrected chi connectivity index (χ4v) is 8.40. The molecule has 1 unspecified atom stereocenters. The number of hydrogen-bond acceptors (Lipinski definition) is 6. The van der Waals surface area contributed by atoms with Crippen molar-refractivity contribution in [2.75, 3.05) is 13.2 Å². The molecule has 0 amide bonds. The third kappa shape index (κ3) is 52.5. The Hall–Kier alpha value is -2.37. The van der Waals surface area contributed by atoms with Gasteiger partial charge in [-0.15, -0.1) is 0 Å². The monoisotopic (exact) mass is 913 g/mol. The molecule has 1 atom stereocenters. The molecule has 0 saturated carbocycles. The number of unbranched alkanes of at least 4 members (excludes halogenated alkanes) is 35. The second-order valence-electron chi connectivity index (χ2n) is 19.2. The number of ether oxygens (including phenoxy) is 3. The van der Waals surface area contributed by atoms with Crippen LogP contribution >= 0.6 is 0 Å². The zero-order valence-corrected chi connectivity index (χ0v) is 43.5. The molecule has 0 rings (SSSR count). The van der Waals surface area contributed by atoms with Gasteiger partial charge in [0.25, 0.3) is 0 Å². The molecule has 6 nitrogen and oxygen atoms in total. The molecule has 65 heavy (non-hydrogen) atoms. The molecule has 0 aliphatic carbocycles. The van der Waals surface area contributed by atoms with E-state index in [9.17, 15) is 14.4 Å². The molecule has 0 radical (unpaired) electrons. The van der Waals surface area contributed by atoms with Gasteiger partial charge < -0.3 is 14.2 Å². The lowest BCUT2D eigenvalue weighted by molar-refractivity contribution is -0.167. The minimum absolute atomic E-state index is 0.0752. The van der Waals surface area contributed by atoms with Crippen LogP contribution in [0.25, 0.3) is 0 Å². The van der Waals surface area contributed by atoms with Crippen LogP contribution in [0, 0.1) is 0 Å². The van der Waals surface area contributed by atoms with Crippen molar-refractivity contribution in [3.63, 3.8) is 0 Å². The predicted octanol–water partition coefficient (Wildman–Crippen LogP) is 18.9. The molecule has 0 aliphatic heterocycles. The smallest absolute Gasteiger partial charge is 0.306 e. The van der Waals surface area contributed by atoms with Crippen molar-refractivity contribution >= 4 is 17.9 Å². The van der Waals surface area contributed by atoms with Crippen molar-refractivity contribution in [1.82, 2.24) is 0 Å². The lowest BCUT2D eigenvalue weighted by Gasteiger charge is -2.18. The van der Waals surface area contributed by atoms with Gasteiger partial charge in [-0.3, -0.25) is 14.4 Å². The van der Waals surface area contributed by atoms with Gasteiger partial charge >= 0.3 is 17.9 Å². The van der Waals surface area contributed by atoms with E-state index >= 15 is 0 Å². The molecular formula is C59H108O6. The maximum absolute atomic E-state index is 12.8. The summed E-state index contributed by atoms with van der Waals surface area (Å²) in [6, 6.07) is 0. The molecule has 0 heterocycles. The number of hydrogen-bond donors (Lipinski definition) is 0. The summed E-state index contributed by atoms with van der Waals surface area (Å²) in [4.78, 5) is 37.9. The van der Waals surface area contributed by atoms with Gasteiger partial charge in [-0.05, 0) is 51.4 Å². The van der Waals surface area contributed by atoms with Gasteiger partial charge in [-0.2, -0.15) is 0 Å². The zero-order chi connectivity index (χ0) is 47.2. The van der Waals surface area contributed by atoms with E-state index in [1.807, 2.05) is 0 Å². The van der Waals surface area contributed by atoms with Crippen LogP contribution in [0.5, 0.6) is 0 Å². The lowest BCUT2D eigenvalue weighted by Crippen LogP contribution is -2.30. The van der Waals surface area contributed by atoms with Crippen molar-refractivity contribution in [3.05, 3.63) is 36.5 Å². The molecule has 0 aliphatic rings. The molecule has 0 saturated heterocycles. The van der Waals surface area contributed by atoms with Gasteiger partial charge in [0.1, 0.15) is 13.2 Å². The molecule has 0 spiro atoms. The maximum atomic E-state index is 12.8. The highest BCUT2D eigenvalue weighted by Gasteiger charge is 2.19. The highest BCUT2D eigenvalue weighted by molar-refractivity contribution is 5.71. The second-order valence-corrected chi connectivity index (χ2v) is 19.2.